The average Bonchev–Trinajstić information content (AvgIpc) is 2.51. The maximum absolute atomic E-state index is 14.4. The standard InChI is InChI=1S/C16H21FN2O2.ClH/c17-16-13-3-6-18-10-12(13)1-2-14(16)19-15(20)9-11-4-7-21-8-5-11;/h1-2,11,18H,3-10H2,(H,19,20);1H. The van der Waals surface area contributed by atoms with Crippen LogP contribution in [-0.4, -0.2) is 25.7 Å². The monoisotopic (exact) mass is 328 g/mol. The molecule has 1 amide bonds. The smallest absolute Gasteiger partial charge is 0.224 e. The maximum atomic E-state index is 14.4. The zero-order valence-electron chi connectivity index (χ0n) is 12.5. The van der Waals surface area contributed by atoms with E-state index in [0.29, 0.717) is 31.0 Å². The van der Waals surface area contributed by atoms with Gasteiger partial charge in [0.15, 0.2) is 0 Å². The van der Waals surface area contributed by atoms with Gasteiger partial charge in [-0.15, -0.1) is 12.4 Å². The molecule has 0 aromatic heterocycles. The predicted molar refractivity (Wildman–Crippen MR) is 85.8 cm³/mol. The van der Waals surface area contributed by atoms with Crippen LogP contribution in [0.1, 0.15) is 30.4 Å². The summed E-state index contributed by atoms with van der Waals surface area (Å²) < 4.78 is 19.7. The molecule has 1 aromatic rings. The molecule has 0 atom stereocenters. The Labute approximate surface area is 136 Å². The van der Waals surface area contributed by atoms with Gasteiger partial charge < -0.3 is 15.4 Å². The van der Waals surface area contributed by atoms with Gasteiger partial charge in [0.05, 0.1) is 5.69 Å². The van der Waals surface area contributed by atoms with Gasteiger partial charge >= 0.3 is 0 Å². The molecule has 0 aliphatic carbocycles. The molecule has 1 fully saturated rings. The van der Waals surface area contributed by atoms with Gasteiger partial charge in [0.25, 0.3) is 0 Å². The summed E-state index contributed by atoms with van der Waals surface area (Å²) >= 11 is 0. The number of carbonyl (C=O) groups is 1. The zero-order chi connectivity index (χ0) is 14.7. The van der Waals surface area contributed by atoms with Crippen LogP contribution < -0.4 is 10.6 Å². The lowest BCUT2D eigenvalue weighted by molar-refractivity contribution is -0.117. The van der Waals surface area contributed by atoms with Crippen LogP contribution in [0.3, 0.4) is 0 Å². The molecule has 0 radical (unpaired) electrons. The molecule has 0 bridgehead atoms. The Morgan fingerprint density at radius 1 is 1.36 bits per heavy atom. The number of halogens is 2. The van der Waals surface area contributed by atoms with E-state index in [1.165, 1.54) is 0 Å². The summed E-state index contributed by atoms with van der Waals surface area (Å²) in [7, 11) is 0. The molecule has 0 saturated carbocycles. The molecule has 22 heavy (non-hydrogen) atoms. The first-order valence-electron chi connectivity index (χ1n) is 7.62. The molecule has 1 aromatic carbocycles. The lowest BCUT2D eigenvalue weighted by Crippen LogP contribution is -2.26. The molecular formula is C16H22ClFN2O2. The highest BCUT2D eigenvalue weighted by molar-refractivity contribution is 5.91. The van der Waals surface area contributed by atoms with E-state index in [1.54, 1.807) is 6.07 Å². The fourth-order valence-electron chi connectivity index (χ4n) is 3.04. The minimum atomic E-state index is -0.269. The van der Waals surface area contributed by atoms with Crippen molar-refractivity contribution < 1.29 is 13.9 Å². The Bertz CT molecular complexity index is 533. The van der Waals surface area contributed by atoms with Crippen LogP contribution >= 0.6 is 12.4 Å². The number of hydrogen-bond donors (Lipinski definition) is 2. The van der Waals surface area contributed by atoms with Crippen LogP contribution in [0.15, 0.2) is 12.1 Å². The van der Waals surface area contributed by atoms with Crippen LogP contribution in [0.5, 0.6) is 0 Å². The molecule has 2 aliphatic heterocycles. The summed E-state index contributed by atoms with van der Waals surface area (Å²) in [5.74, 6) is -0.0207. The van der Waals surface area contributed by atoms with Crippen molar-refractivity contribution in [3.05, 3.63) is 29.1 Å². The van der Waals surface area contributed by atoms with Crippen molar-refractivity contribution in [1.82, 2.24) is 5.32 Å². The van der Waals surface area contributed by atoms with Crippen LogP contribution in [0.4, 0.5) is 10.1 Å². The lowest BCUT2D eigenvalue weighted by atomic mass is 9.96. The van der Waals surface area contributed by atoms with Gasteiger partial charge in [0.2, 0.25) is 5.91 Å². The van der Waals surface area contributed by atoms with Crippen molar-refractivity contribution in [3.8, 4) is 0 Å². The highest BCUT2D eigenvalue weighted by Gasteiger charge is 2.20. The maximum Gasteiger partial charge on any atom is 0.224 e. The SMILES string of the molecule is Cl.O=C(CC1CCOCC1)Nc1ccc2c(c1F)CCNC2. The number of nitrogens with one attached hydrogen (secondary N) is 2. The van der Waals surface area contributed by atoms with Gasteiger partial charge in [0.1, 0.15) is 5.82 Å². The van der Waals surface area contributed by atoms with E-state index in [1.807, 2.05) is 6.07 Å². The van der Waals surface area contributed by atoms with E-state index in [0.717, 1.165) is 43.7 Å². The van der Waals surface area contributed by atoms with Gasteiger partial charge in [-0.25, -0.2) is 4.39 Å². The molecule has 0 spiro atoms. The topological polar surface area (TPSA) is 50.4 Å². The number of amides is 1. The Kier molecular flexibility index (Phi) is 6.17. The predicted octanol–water partition coefficient (Wildman–Crippen LogP) is 2.65. The fourth-order valence-corrected chi connectivity index (χ4v) is 3.04. The highest BCUT2D eigenvalue weighted by atomic mass is 35.5. The minimum absolute atomic E-state index is 0. The van der Waals surface area contributed by atoms with Gasteiger partial charge in [-0.1, -0.05) is 6.07 Å². The summed E-state index contributed by atoms with van der Waals surface area (Å²) in [5.41, 5.74) is 2.03. The largest absolute Gasteiger partial charge is 0.381 e. The van der Waals surface area contributed by atoms with Crippen molar-refractivity contribution in [2.75, 3.05) is 25.1 Å². The third kappa shape index (κ3) is 3.97. The first-order valence-corrected chi connectivity index (χ1v) is 7.62. The van der Waals surface area contributed by atoms with E-state index in [-0.39, 0.29) is 24.1 Å². The van der Waals surface area contributed by atoms with E-state index >= 15 is 0 Å². The number of rotatable bonds is 3. The minimum Gasteiger partial charge on any atom is -0.381 e. The van der Waals surface area contributed by atoms with Gasteiger partial charge in [0, 0.05) is 26.2 Å². The van der Waals surface area contributed by atoms with Crippen LogP contribution in [0.2, 0.25) is 0 Å². The van der Waals surface area contributed by atoms with Gasteiger partial charge in [-0.3, -0.25) is 4.79 Å². The first kappa shape index (κ1) is 17.2. The quantitative estimate of drug-likeness (QED) is 0.897. The van der Waals surface area contributed by atoms with Crippen molar-refractivity contribution in [2.45, 2.75) is 32.2 Å². The molecule has 3 rings (SSSR count). The Morgan fingerprint density at radius 2 is 2.14 bits per heavy atom. The number of anilines is 1. The molecule has 2 heterocycles. The highest BCUT2D eigenvalue weighted by Crippen LogP contribution is 2.25. The van der Waals surface area contributed by atoms with E-state index in [4.69, 9.17) is 4.74 Å². The molecule has 122 valence electrons. The Morgan fingerprint density at radius 3 is 2.91 bits per heavy atom. The summed E-state index contributed by atoms with van der Waals surface area (Å²) in [6.45, 7) is 2.92. The Hall–Kier alpha value is -1.17. The number of fused-ring (bicyclic) bond motifs is 1. The zero-order valence-corrected chi connectivity index (χ0v) is 13.3. The Balaban J connectivity index is 0.00000176. The van der Waals surface area contributed by atoms with Gasteiger partial charge in [-0.2, -0.15) is 0 Å². The molecule has 1 saturated heterocycles. The molecule has 2 N–H and O–H groups in total. The summed E-state index contributed by atoms with van der Waals surface area (Å²) in [5, 5.41) is 5.95. The number of ether oxygens (including phenoxy) is 1. The third-order valence-electron chi connectivity index (χ3n) is 4.30. The van der Waals surface area contributed by atoms with E-state index in [9.17, 15) is 9.18 Å². The molecule has 4 nitrogen and oxygen atoms in total. The average molecular weight is 329 g/mol. The van der Waals surface area contributed by atoms with Crippen molar-refractivity contribution in [1.29, 1.82) is 0 Å². The van der Waals surface area contributed by atoms with Crippen LogP contribution in [0, 0.1) is 11.7 Å². The molecule has 6 heteroatoms. The molecular weight excluding hydrogens is 307 g/mol. The first-order chi connectivity index (χ1) is 10.2. The second kappa shape index (κ2) is 7.90. The summed E-state index contributed by atoms with van der Waals surface area (Å²) in [6.07, 6.45) is 2.93. The summed E-state index contributed by atoms with van der Waals surface area (Å²) in [6, 6.07) is 3.57. The number of carbonyl (C=O) groups excluding carboxylic acids is 1. The fraction of sp³-hybridized carbons (Fsp3) is 0.562. The molecule has 0 unspecified atom stereocenters. The lowest BCUT2D eigenvalue weighted by Gasteiger charge is -2.22. The number of benzene rings is 1. The van der Waals surface area contributed by atoms with Crippen molar-refractivity contribution in [2.24, 2.45) is 5.92 Å². The van der Waals surface area contributed by atoms with Crippen LogP contribution in [0.25, 0.3) is 0 Å². The van der Waals surface area contributed by atoms with E-state index in [2.05, 4.69) is 10.6 Å². The number of hydrogen-bond acceptors (Lipinski definition) is 3. The van der Waals surface area contributed by atoms with Crippen molar-refractivity contribution in [3.63, 3.8) is 0 Å². The second-order valence-electron chi connectivity index (χ2n) is 5.80. The third-order valence-corrected chi connectivity index (χ3v) is 4.30. The van der Waals surface area contributed by atoms with E-state index < -0.39 is 0 Å². The second-order valence-corrected chi connectivity index (χ2v) is 5.80. The van der Waals surface area contributed by atoms with Gasteiger partial charge in [-0.05, 0) is 48.9 Å². The normalized spacial score (nSPS) is 18.2. The van der Waals surface area contributed by atoms with Crippen molar-refractivity contribution >= 4 is 24.0 Å². The molecule has 2 aliphatic rings. The summed E-state index contributed by atoms with van der Waals surface area (Å²) in [4.78, 5) is 12.1. The van der Waals surface area contributed by atoms with Crippen LogP contribution in [-0.2, 0) is 22.5 Å².